The van der Waals surface area contributed by atoms with E-state index < -0.39 is 0 Å². The van der Waals surface area contributed by atoms with Gasteiger partial charge in [-0.2, -0.15) is 0 Å². The Labute approximate surface area is 180 Å². The van der Waals surface area contributed by atoms with Crippen LogP contribution in [-0.2, 0) is 0 Å². The number of likely N-dealkylation sites (tertiary alicyclic amines) is 1. The monoisotopic (exact) mass is 489 g/mol. The molecular weight excluding hydrogens is 456 g/mol. The molecule has 0 saturated carbocycles. The van der Waals surface area contributed by atoms with Crippen LogP contribution in [0.4, 0.5) is 10.1 Å². The number of halogens is 2. The van der Waals surface area contributed by atoms with Gasteiger partial charge in [-0.15, -0.1) is 24.0 Å². The van der Waals surface area contributed by atoms with Crippen LogP contribution in [0.3, 0.4) is 0 Å². The molecule has 3 rings (SSSR count). The van der Waals surface area contributed by atoms with Crippen LogP contribution in [0.5, 0.6) is 0 Å². The number of guanidine groups is 1. The summed E-state index contributed by atoms with van der Waals surface area (Å²) in [5, 5.41) is 3.56. The quantitative estimate of drug-likeness (QED) is 0.392. The Balaban J connectivity index is 0.00000261. The van der Waals surface area contributed by atoms with Crippen LogP contribution in [-0.4, -0.2) is 75.2 Å². The van der Waals surface area contributed by atoms with Crippen molar-refractivity contribution in [1.29, 1.82) is 0 Å². The summed E-state index contributed by atoms with van der Waals surface area (Å²) < 4.78 is 13.1. The van der Waals surface area contributed by atoms with Crippen molar-refractivity contribution >= 4 is 35.6 Å². The summed E-state index contributed by atoms with van der Waals surface area (Å²) >= 11 is 0. The Morgan fingerprint density at radius 1 is 1.07 bits per heavy atom. The molecule has 1 aromatic rings. The molecule has 2 heterocycles. The van der Waals surface area contributed by atoms with E-state index in [2.05, 4.69) is 31.9 Å². The van der Waals surface area contributed by atoms with Gasteiger partial charge < -0.3 is 20.0 Å². The van der Waals surface area contributed by atoms with Crippen molar-refractivity contribution in [1.82, 2.24) is 15.1 Å². The minimum Gasteiger partial charge on any atom is -0.368 e. The van der Waals surface area contributed by atoms with E-state index in [4.69, 9.17) is 0 Å². The van der Waals surface area contributed by atoms with Gasteiger partial charge >= 0.3 is 0 Å². The number of aliphatic imine (C=N–C) groups is 1. The first-order valence-electron chi connectivity index (χ1n) is 9.84. The van der Waals surface area contributed by atoms with Gasteiger partial charge in [-0.3, -0.25) is 4.99 Å². The SMILES string of the molecule is CN=C(NCC(C)CN1CCCC1)N1CCN(c2ccc(F)cc2)CC1.I. The number of hydrogen-bond donors (Lipinski definition) is 1. The molecule has 7 heteroatoms. The van der Waals surface area contributed by atoms with E-state index >= 15 is 0 Å². The molecule has 2 saturated heterocycles. The number of nitrogens with zero attached hydrogens (tertiary/aromatic N) is 4. The summed E-state index contributed by atoms with van der Waals surface area (Å²) in [4.78, 5) is 11.7. The van der Waals surface area contributed by atoms with Crippen molar-refractivity contribution in [2.75, 3.05) is 64.3 Å². The molecular formula is C20H33FIN5. The van der Waals surface area contributed by atoms with Crippen molar-refractivity contribution in [2.24, 2.45) is 10.9 Å². The van der Waals surface area contributed by atoms with Crippen LogP contribution < -0.4 is 10.2 Å². The second kappa shape index (κ2) is 11.0. The maximum absolute atomic E-state index is 13.1. The van der Waals surface area contributed by atoms with Gasteiger partial charge in [0.05, 0.1) is 0 Å². The van der Waals surface area contributed by atoms with Gasteiger partial charge in [-0.1, -0.05) is 6.92 Å². The van der Waals surface area contributed by atoms with Crippen molar-refractivity contribution in [3.63, 3.8) is 0 Å². The number of piperazine rings is 1. The van der Waals surface area contributed by atoms with E-state index in [1.807, 2.05) is 19.2 Å². The van der Waals surface area contributed by atoms with E-state index in [1.165, 1.54) is 44.6 Å². The first kappa shape index (κ1) is 22.2. The third-order valence-electron chi connectivity index (χ3n) is 5.36. The smallest absolute Gasteiger partial charge is 0.193 e. The van der Waals surface area contributed by atoms with Crippen LogP contribution in [0.2, 0.25) is 0 Å². The normalized spacial score (nSPS) is 19.7. The molecule has 0 bridgehead atoms. The maximum atomic E-state index is 13.1. The average molecular weight is 489 g/mol. The summed E-state index contributed by atoms with van der Waals surface area (Å²) in [5.74, 6) is 1.43. The standard InChI is InChI=1S/C20H32FN5.HI/c1-17(16-24-9-3-4-10-24)15-23-20(22-2)26-13-11-25(12-14-26)19-7-5-18(21)6-8-19;/h5-8,17H,3-4,9-16H2,1-2H3,(H,22,23);1H. The van der Waals surface area contributed by atoms with Gasteiger partial charge in [-0.05, 0) is 56.1 Å². The van der Waals surface area contributed by atoms with E-state index in [-0.39, 0.29) is 29.8 Å². The lowest BCUT2D eigenvalue weighted by atomic mass is 10.1. The fraction of sp³-hybridized carbons (Fsp3) is 0.650. The highest BCUT2D eigenvalue weighted by molar-refractivity contribution is 14.0. The number of benzene rings is 1. The van der Waals surface area contributed by atoms with Gasteiger partial charge in [0, 0.05) is 52.0 Å². The average Bonchev–Trinajstić information content (AvgIpc) is 3.16. The second-order valence-electron chi connectivity index (χ2n) is 7.49. The van der Waals surface area contributed by atoms with Gasteiger partial charge in [0.25, 0.3) is 0 Å². The molecule has 0 aromatic heterocycles. The minimum atomic E-state index is -0.181. The molecule has 1 unspecified atom stereocenters. The fourth-order valence-electron chi connectivity index (χ4n) is 3.90. The van der Waals surface area contributed by atoms with Crippen molar-refractivity contribution in [3.05, 3.63) is 30.1 Å². The van der Waals surface area contributed by atoms with Crippen molar-refractivity contribution in [3.8, 4) is 0 Å². The maximum Gasteiger partial charge on any atom is 0.193 e. The van der Waals surface area contributed by atoms with Crippen molar-refractivity contribution < 1.29 is 4.39 Å². The van der Waals surface area contributed by atoms with Crippen LogP contribution >= 0.6 is 24.0 Å². The van der Waals surface area contributed by atoms with Gasteiger partial charge in [0.15, 0.2) is 5.96 Å². The van der Waals surface area contributed by atoms with E-state index in [1.54, 1.807) is 0 Å². The van der Waals surface area contributed by atoms with Crippen molar-refractivity contribution in [2.45, 2.75) is 19.8 Å². The Morgan fingerprint density at radius 3 is 2.30 bits per heavy atom. The summed E-state index contributed by atoms with van der Waals surface area (Å²) in [7, 11) is 1.86. The third kappa shape index (κ3) is 6.48. The van der Waals surface area contributed by atoms with Crippen LogP contribution in [0.15, 0.2) is 29.3 Å². The van der Waals surface area contributed by atoms with E-state index in [9.17, 15) is 4.39 Å². The highest BCUT2D eigenvalue weighted by atomic mass is 127. The van der Waals surface area contributed by atoms with E-state index in [0.29, 0.717) is 5.92 Å². The Kier molecular flexibility index (Phi) is 9.08. The molecule has 0 radical (unpaired) electrons. The molecule has 1 atom stereocenters. The first-order valence-corrected chi connectivity index (χ1v) is 9.84. The van der Waals surface area contributed by atoms with E-state index in [0.717, 1.165) is 44.4 Å². The predicted octanol–water partition coefficient (Wildman–Crippen LogP) is 2.87. The first-order chi connectivity index (χ1) is 12.7. The molecule has 1 N–H and O–H groups in total. The summed E-state index contributed by atoms with van der Waals surface area (Å²) in [6.45, 7) is 10.7. The zero-order valence-electron chi connectivity index (χ0n) is 16.5. The molecule has 27 heavy (non-hydrogen) atoms. The Morgan fingerprint density at radius 2 is 1.70 bits per heavy atom. The lowest BCUT2D eigenvalue weighted by Crippen LogP contribution is -2.53. The van der Waals surface area contributed by atoms with Crippen LogP contribution in [0.25, 0.3) is 0 Å². The summed E-state index contributed by atoms with van der Waals surface area (Å²) in [6, 6.07) is 6.78. The van der Waals surface area contributed by atoms with Gasteiger partial charge in [0.2, 0.25) is 0 Å². The highest BCUT2D eigenvalue weighted by Crippen LogP contribution is 2.17. The molecule has 1 aromatic carbocycles. The third-order valence-corrected chi connectivity index (χ3v) is 5.36. The zero-order valence-corrected chi connectivity index (χ0v) is 18.9. The number of rotatable bonds is 5. The summed E-state index contributed by atoms with van der Waals surface area (Å²) in [6.07, 6.45) is 2.69. The number of anilines is 1. The molecule has 0 aliphatic carbocycles. The Bertz CT molecular complexity index is 581. The van der Waals surface area contributed by atoms with Gasteiger partial charge in [-0.25, -0.2) is 4.39 Å². The largest absolute Gasteiger partial charge is 0.368 e. The topological polar surface area (TPSA) is 34.1 Å². The Hall–Kier alpha value is -1.09. The minimum absolute atomic E-state index is 0. The molecule has 152 valence electrons. The predicted molar refractivity (Wildman–Crippen MR) is 122 cm³/mol. The lowest BCUT2D eigenvalue weighted by molar-refractivity contribution is 0.285. The van der Waals surface area contributed by atoms with Crippen LogP contribution in [0.1, 0.15) is 19.8 Å². The molecule has 5 nitrogen and oxygen atoms in total. The van der Waals surface area contributed by atoms with Crippen LogP contribution in [0, 0.1) is 11.7 Å². The zero-order chi connectivity index (χ0) is 18.4. The highest BCUT2D eigenvalue weighted by Gasteiger charge is 2.21. The molecule has 2 fully saturated rings. The lowest BCUT2D eigenvalue weighted by Gasteiger charge is -2.38. The number of nitrogens with one attached hydrogen (secondary N) is 1. The number of hydrogen-bond acceptors (Lipinski definition) is 3. The van der Waals surface area contributed by atoms with Gasteiger partial charge in [0.1, 0.15) is 5.82 Å². The molecule has 0 spiro atoms. The molecule has 2 aliphatic heterocycles. The second-order valence-corrected chi connectivity index (χ2v) is 7.49. The fourth-order valence-corrected chi connectivity index (χ4v) is 3.90. The molecule has 2 aliphatic rings. The molecule has 0 amide bonds. The summed E-state index contributed by atoms with van der Waals surface area (Å²) in [5.41, 5.74) is 1.09.